The lowest BCUT2D eigenvalue weighted by Crippen LogP contribution is -2.41. The SMILES string of the molecule is C1CCC(CO[C@H]2C[C@H]3CC[C@@H](C2)N3)CC1.Cl. The van der Waals surface area contributed by atoms with E-state index >= 15 is 0 Å². The van der Waals surface area contributed by atoms with Crippen LogP contribution in [-0.2, 0) is 4.74 Å². The summed E-state index contributed by atoms with van der Waals surface area (Å²) >= 11 is 0. The van der Waals surface area contributed by atoms with E-state index in [1.807, 2.05) is 0 Å². The molecular formula is C14H26ClNO. The average molecular weight is 260 g/mol. The number of nitrogens with one attached hydrogen (secondary N) is 1. The lowest BCUT2D eigenvalue weighted by Gasteiger charge is -2.31. The monoisotopic (exact) mass is 259 g/mol. The summed E-state index contributed by atoms with van der Waals surface area (Å²) in [5, 5.41) is 3.68. The van der Waals surface area contributed by atoms with Crippen LogP contribution in [0.15, 0.2) is 0 Å². The van der Waals surface area contributed by atoms with E-state index in [1.54, 1.807) is 0 Å². The molecule has 0 amide bonds. The molecule has 0 unspecified atom stereocenters. The third kappa shape index (κ3) is 3.59. The van der Waals surface area contributed by atoms with Crippen molar-refractivity contribution < 1.29 is 4.74 Å². The number of halogens is 1. The van der Waals surface area contributed by atoms with Crippen molar-refractivity contribution in [3.63, 3.8) is 0 Å². The molecule has 3 fully saturated rings. The molecule has 0 aromatic carbocycles. The predicted octanol–water partition coefficient (Wildman–Crippen LogP) is 3.29. The van der Waals surface area contributed by atoms with Gasteiger partial charge in [0.25, 0.3) is 0 Å². The first-order chi connectivity index (χ1) is 7.90. The van der Waals surface area contributed by atoms with Gasteiger partial charge in [0.15, 0.2) is 0 Å². The Balaban J connectivity index is 0.00000108. The summed E-state index contributed by atoms with van der Waals surface area (Å²) in [5.41, 5.74) is 0. The van der Waals surface area contributed by atoms with Crippen LogP contribution in [0.1, 0.15) is 57.8 Å². The van der Waals surface area contributed by atoms with Gasteiger partial charge < -0.3 is 10.1 Å². The lowest BCUT2D eigenvalue weighted by molar-refractivity contribution is -0.00514. The molecule has 1 N–H and O–H groups in total. The second-order valence-electron chi connectivity index (χ2n) is 6.07. The second kappa shape index (κ2) is 6.40. The van der Waals surface area contributed by atoms with Crippen LogP contribution in [0.3, 0.4) is 0 Å². The van der Waals surface area contributed by atoms with Crippen LogP contribution in [0.25, 0.3) is 0 Å². The Bertz CT molecular complexity index is 218. The highest BCUT2D eigenvalue weighted by Gasteiger charge is 2.34. The van der Waals surface area contributed by atoms with Gasteiger partial charge >= 0.3 is 0 Å². The maximum atomic E-state index is 6.16. The van der Waals surface area contributed by atoms with Crippen LogP contribution >= 0.6 is 12.4 Å². The minimum Gasteiger partial charge on any atom is -0.378 e. The van der Waals surface area contributed by atoms with Crippen LogP contribution < -0.4 is 5.32 Å². The highest BCUT2D eigenvalue weighted by Crippen LogP contribution is 2.30. The molecule has 1 aliphatic carbocycles. The fraction of sp³-hybridized carbons (Fsp3) is 1.00. The van der Waals surface area contributed by atoms with Gasteiger partial charge in [0, 0.05) is 18.7 Å². The molecule has 100 valence electrons. The lowest BCUT2D eigenvalue weighted by atomic mass is 9.90. The van der Waals surface area contributed by atoms with E-state index in [1.165, 1.54) is 57.8 Å². The molecule has 0 aromatic rings. The van der Waals surface area contributed by atoms with Gasteiger partial charge in [-0.05, 0) is 44.4 Å². The first-order valence-corrected chi connectivity index (χ1v) is 7.28. The highest BCUT2D eigenvalue weighted by molar-refractivity contribution is 5.85. The Morgan fingerprint density at radius 1 is 0.882 bits per heavy atom. The van der Waals surface area contributed by atoms with E-state index < -0.39 is 0 Å². The van der Waals surface area contributed by atoms with Crippen molar-refractivity contribution in [2.24, 2.45) is 5.92 Å². The summed E-state index contributed by atoms with van der Waals surface area (Å²) in [6.07, 6.45) is 13.0. The van der Waals surface area contributed by atoms with E-state index in [-0.39, 0.29) is 12.4 Å². The molecule has 0 aromatic heterocycles. The summed E-state index contributed by atoms with van der Waals surface area (Å²) in [6.45, 7) is 1.05. The van der Waals surface area contributed by atoms with Crippen molar-refractivity contribution >= 4 is 12.4 Å². The van der Waals surface area contributed by atoms with E-state index in [4.69, 9.17) is 4.74 Å². The van der Waals surface area contributed by atoms with Crippen LogP contribution in [0.2, 0.25) is 0 Å². The van der Waals surface area contributed by atoms with E-state index in [0.29, 0.717) is 6.10 Å². The molecule has 2 aliphatic heterocycles. The summed E-state index contributed by atoms with van der Waals surface area (Å²) in [7, 11) is 0. The van der Waals surface area contributed by atoms with E-state index in [0.717, 1.165) is 24.6 Å². The van der Waals surface area contributed by atoms with Crippen molar-refractivity contribution in [2.45, 2.75) is 76.0 Å². The predicted molar refractivity (Wildman–Crippen MR) is 72.7 cm³/mol. The van der Waals surface area contributed by atoms with Gasteiger partial charge in [-0.25, -0.2) is 0 Å². The topological polar surface area (TPSA) is 21.3 Å². The summed E-state index contributed by atoms with van der Waals surface area (Å²) in [5.74, 6) is 0.876. The second-order valence-corrected chi connectivity index (χ2v) is 6.07. The zero-order valence-electron chi connectivity index (χ0n) is 10.7. The number of ether oxygens (including phenoxy) is 1. The largest absolute Gasteiger partial charge is 0.378 e. The van der Waals surface area contributed by atoms with E-state index in [2.05, 4.69) is 5.32 Å². The fourth-order valence-electron chi connectivity index (χ4n) is 3.77. The average Bonchev–Trinajstić information content (AvgIpc) is 2.67. The van der Waals surface area contributed by atoms with Crippen molar-refractivity contribution in [1.29, 1.82) is 0 Å². The Morgan fingerprint density at radius 3 is 2.18 bits per heavy atom. The van der Waals surface area contributed by atoms with Crippen molar-refractivity contribution in [3.8, 4) is 0 Å². The van der Waals surface area contributed by atoms with Crippen LogP contribution in [-0.4, -0.2) is 24.8 Å². The number of hydrogen-bond donors (Lipinski definition) is 1. The molecule has 0 radical (unpaired) electrons. The van der Waals surface area contributed by atoms with Crippen LogP contribution in [0.4, 0.5) is 0 Å². The molecule has 2 saturated heterocycles. The van der Waals surface area contributed by atoms with Gasteiger partial charge in [-0.2, -0.15) is 0 Å². The minimum absolute atomic E-state index is 0. The Labute approximate surface area is 111 Å². The Morgan fingerprint density at radius 2 is 1.53 bits per heavy atom. The molecule has 3 atom stereocenters. The van der Waals surface area contributed by atoms with Gasteiger partial charge in [0.2, 0.25) is 0 Å². The zero-order valence-corrected chi connectivity index (χ0v) is 11.5. The van der Waals surface area contributed by atoms with E-state index in [9.17, 15) is 0 Å². The van der Waals surface area contributed by atoms with Gasteiger partial charge in [-0.3, -0.25) is 0 Å². The van der Waals surface area contributed by atoms with Crippen molar-refractivity contribution in [2.75, 3.05) is 6.61 Å². The first kappa shape index (κ1) is 13.6. The quantitative estimate of drug-likeness (QED) is 0.840. The number of fused-ring (bicyclic) bond motifs is 2. The Kier molecular flexibility index (Phi) is 5.13. The first-order valence-electron chi connectivity index (χ1n) is 7.28. The van der Waals surface area contributed by atoms with Crippen molar-refractivity contribution in [3.05, 3.63) is 0 Å². The molecule has 3 aliphatic rings. The maximum absolute atomic E-state index is 6.16. The molecule has 3 rings (SSSR count). The number of rotatable bonds is 3. The third-order valence-corrected chi connectivity index (χ3v) is 4.72. The number of piperidine rings is 1. The van der Waals surface area contributed by atoms with Gasteiger partial charge in [0.1, 0.15) is 0 Å². The van der Waals surface area contributed by atoms with Gasteiger partial charge in [-0.15, -0.1) is 12.4 Å². The highest BCUT2D eigenvalue weighted by atomic mass is 35.5. The molecular weight excluding hydrogens is 234 g/mol. The maximum Gasteiger partial charge on any atom is 0.0604 e. The normalized spacial score (nSPS) is 37.8. The Hall–Kier alpha value is 0.210. The number of hydrogen-bond acceptors (Lipinski definition) is 2. The zero-order chi connectivity index (χ0) is 10.8. The van der Waals surface area contributed by atoms with Crippen LogP contribution in [0.5, 0.6) is 0 Å². The summed E-state index contributed by atoms with van der Waals surface area (Å²) in [6, 6.07) is 1.55. The molecule has 2 bridgehead atoms. The summed E-state index contributed by atoms with van der Waals surface area (Å²) in [4.78, 5) is 0. The minimum atomic E-state index is 0. The summed E-state index contributed by atoms with van der Waals surface area (Å²) < 4.78 is 6.16. The molecule has 2 nitrogen and oxygen atoms in total. The van der Waals surface area contributed by atoms with Crippen molar-refractivity contribution in [1.82, 2.24) is 5.32 Å². The molecule has 1 saturated carbocycles. The molecule has 17 heavy (non-hydrogen) atoms. The molecule has 2 heterocycles. The molecule has 0 spiro atoms. The molecule has 3 heteroatoms. The smallest absolute Gasteiger partial charge is 0.0604 e. The standard InChI is InChI=1S/C14H25NO.ClH/c1-2-4-11(5-3-1)10-16-14-8-12-6-7-13(9-14)15-12;/h11-15H,1-10H2;1H/t12-,13+,14+;. The van der Waals surface area contributed by atoms with Gasteiger partial charge in [0.05, 0.1) is 6.10 Å². The third-order valence-electron chi connectivity index (χ3n) is 4.72. The fourth-order valence-corrected chi connectivity index (χ4v) is 3.77. The van der Waals surface area contributed by atoms with Gasteiger partial charge in [-0.1, -0.05) is 19.3 Å². The van der Waals surface area contributed by atoms with Crippen LogP contribution in [0, 0.1) is 5.92 Å².